The standard InChI is InChI=1S/C21H19FN2O5/c22-16-4-1-3-15(11-16)21(28)23-12-20(27)29-13-18(25)14-6-8-17(9-7-14)24-10-2-5-19(24)26/h1,3-4,6-9,11H,2,5,10,12-13H2,(H,23,28). The zero-order valence-corrected chi connectivity index (χ0v) is 15.5. The van der Waals surface area contributed by atoms with Crippen molar-refractivity contribution < 1.29 is 28.3 Å². The molecule has 1 heterocycles. The summed E-state index contributed by atoms with van der Waals surface area (Å²) in [5.74, 6) is -2.33. The summed E-state index contributed by atoms with van der Waals surface area (Å²) < 4.78 is 18.0. The molecule has 0 radical (unpaired) electrons. The van der Waals surface area contributed by atoms with Crippen LogP contribution in [-0.2, 0) is 14.3 Å². The molecular formula is C21H19FN2O5. The zero-order valence-electron chi connectivity index (χ0n) is 15.5. The molecule has 0 bridgehead atoms. The lowest BCUT2D eigenvalue weighted by molar-refractivity contribution is -0.141. The minimum absolute atomic E-state index is 0.0540. The van der Waals surface area contributed by atoms with Crippen LogP contribution in [-0.4, -0.2) is 43.3 Å². The normalized spacial score (nSPS) is 13.3. The summed E-state index contributed by atoms with van der Waals surface area (Å²) in [4.78, 5) is 49.1. The van der Waals surface area contributed by atoms with Crippen molar-refractivity contribution in [2.75, 3.05) is 24.6 Å². The third-order valence-electron chi connectivity index (χ3n) is 4.42. The molecule has 0 atom stereocenters. The van der Waals surface area contributed by atoms with Gasteiger partial charge in [-0.25, -0.2) is 4.39 Å². The number of Topliss-reactive ketones (excluding diaryl/α,β-unsaturated/α-hetero) is 1. The number of ether oxygens (including phenoxy) is 1. The Hall–Kier alpha value is -3.55. The van der Waals surface area contributed by atoms with Gasteiger partial charge in [0, 0.05) is 29.8 Å². The summed E-state index contributed by atoms with van der Waals surface area (Å²) in [6.07, 6.45) is 1.33. The molecular weight excluding hydrogens is 379 g/mol. The number of benzene rings is 2. The Bertz CT molecular complexity index is 942. The van der Waals surface area contributed by atoms with Crippen LogP contribution in [0, 0.1) is 5.82 Å². The fraction of sp³-hybridized carbons (Fsp3) is 0.238. The van der Waals surface area contributed by atoms with E-state index in [2.05, 4.69) is 5.32 Å². The number of anilines is 1. The molecule has 0 aliphatic carbocycles. The quantitative estimate of drug-likeness (QED) is 0.570. The van der Waals surface area contributed by atoms with E-state index in [-0.39, 0.29) is 11.5 Å². The highest BCUT2D eigenvalue weighted by Crippen LogP contribution is 2.21. The van der Waals surface area contributed by atoms with Gasteiger partial charge < -0.3 is 15.0 Å². The predicted octanol–water partition coefficient (Wildman–Crippen LogP) is 2.11. The Balaban J connectivity index is 1.45. The summed E-state index contributed by atoms with van der Waals surface area (Å²) in [7, 11) is 0. The molecule has 2 aromatic rings. The second kappa shape index (κ2) is 9.09. The van der Waals surface area contributed by atoms with Crippen molar-refractivity contribution >= 4 is 29.3 Å². The Morgan fingerprint density at radius 2 is 1.83 bits per heavy atom. The third kappa shape index (κ3) is 5.25. The summed E-state index contributed by atoms with van der Waals surface area (Å²) in [5, 5.41) is 2.30. The summed E-state index contributed by atoms with van der Waals surface area (Å²) in [6, 6.07) is 11.5. The first-order valence-electron chi connectivity index (χ1n) is 9.07. The smallest absolute Gasteiger partial charge is 0.325 e. The van der Waals surface area contributed by atoms with E-state index >= 15 is 0 Å². The highest BCUT2D eigenvalue weighted by molar-refractivity contribution is 6.00. The number of carbonyl (C=O) groups is 4. The first-order valence-corrected chi connectivity index (χ1v) is 9.07. The van der Waals surface area contributed by atoms with Gasteiger partial charge in [-0.2, -0.15) is 0 Å². The van der Waals surface area contributed by atoms with E-state index in [4.69, 9.17) is 4.74 Å². The molecule has 3 rings (SSSR count). The van der Waals surface area contributed by atoms with E-state index in [1.54, 1.807) is 29.2 Å². The topological polar surface area (TPSA) is 92.8 Å². The van der Waals surface area contributed by atoms with Crippen LogP contribution in [0.25, 0.3) is 0 Å². The van der Waals surface area contributed by atoms with Gasteiger partial charge in [-0.1, -0.05) is 6.07 Å². The van der Waals surface area contributed by atoms with Crippen LogP contribution in [0.3, 0.4) is 0 Å². The maximum absolute atomic E-state index is 13.1. The van der Waals surface area contributed by atoms with Crippen molar-refractivity contribution in [1.29, 1.82) is 0 Å². The Kier molecular flexibility index (Phi) is 6.33. The fourth-order valence-electron chi connectivity index (χ4n) is 2.91. The molecule has 1 fully saturated rings. The van der Waals surface area contributed by atoms with Gasteiger partial charge in [0.15, 0.2) is 12.4 Å². The fourth-order valence-corrected chi connectivity index (χ4v) is 2.91. The summed E-state index contributed by atoms with van der Waals surface area (Å²) >= 11 is 0. The lowest BCUT2D eigenvalue weighted by Crippen LogP contribution is -2.31. The van der Waals surface area contributed by atoms with Crippen molar-refractivity contribution in [2.45, 2.75) is 12.8 Å². The van der Waals surface area contributed by atoms with E-state index in [0.717, 1.165) is 18.2 Å². The SMILES string of the molecule is O=C(CNC(=O)c1cccc(F)c1)OCC(=O)c1ccc(N2CCCC2=O)cc1. The highest BCUT2D eigenvalue weighted by atomic mass is 19.1. The average Bonchev–Trinajstić information content (AvgIpc) is 3.16. The Morgan fingerprint density at radius 3 is 2.48 bits per heavy atom. The molecule has 0 spiro atoms. The zero-order chi connectivity index (χ0) is 20.8. The predicted molar refractivity (Wildman–Crippen MR) is 102 cm³/mol. The van der Waals surface area contributed by atoms with Crippen molar-refractivity contribution in [3.8, 4) is 0 Å². The van der Waals surface area contributed by atoms with Crippen LogP contribution in [0.1, 0.15) is 33.6 Å². The van der Waals surface area contributed by atoms with Crippen LogP contribution in [0.4, 0.5) is 10.1 Å². The molecule has 2 aromatic carbocycles. The second-order valence-corrected chi connectivity index (χ2v) is 6.47. The first kappa shape index (κ1) is 20.2. The lowest BCUT2D eigenvalue weighted by atomic mass is 10.1. The molecule has 1 N–H and O–H groups in total. The van der Waals surface area contributed by atoms with Gasteiger partial charge in [0.05, 0.1) is 0 Å². The third-order valence-corrected chi connectivity index (χ3v) is 4.42. The van der Waals surface area contributed by atoms with Crippen LogP contribution in [0.2, 0.25) is 0 Å². The van der Waals surface area contributed by atoms with Crippen LogP contribution in [0.5, 0.6) is 0 Å². The van der Waals surface area contributed by atoms with Gasteiger partial charge in [0.25, 0.3) is 5.91 Å². The van der Waals surface area contributed by atoms with Gasteiger partial charge in [0.1, 0.15) is 12.4 Å². The minimum Gasteiger partial charge on any atom is -0.456 e. The van der Waals surface area contributed by atoms with Crippen LogP contribution >= 0.6 is 0 Å². The molecule has 0 saturated carbocycles. The average molecular weight is 398 g/mol. The molecule has 1 saturated heterocycles. The van der Waals surface area contributed by atoms with Crippen LogP contribution < -0.4 is 10.2 Å². The van der Waals surface area contributed by atoms with E-state index in [9.17, 15) is 23.6 Å². The number of rotatable bonds is 7. The molecule has 8 heteroatoms. The molecule has 2 amide bonds. The number of carbonyl (C=O) groups excluding carboxylic acids is 4. The molecule has 7 nitrogen and oxygen atoms in total. The highest BCUT2D eigenvalue weighted by Gasteiger charge is 2.21. The van der Waals surface area contributed by atoms with Gasteiger partial charge in [-0.15, -0.1) is 0 Å². The number of esters is 1. The maximum atomic E-state index is 13.1. The van der Waals surface area contributed by atoms with Crippen LogP contribution in [0.15, 0.2) is 48.5 Å². The van der Waals surface area contributed by atoms with Crippen molar-refractivity contribution in [3.63, 3.8) is 0 Å². The first-order chi connectivity index (χ1) is 13.9. The number of nitrogens with one attached hydrogen (secondary N) is 1. The second-order valence-electron chi connectivity index (χ2n) is 6.47. The van der Waals surface area contributed by atoms with E-state index in [0.29, 0.717) is 18.5 Å². The lowest BCUT2D eigenvalue weighted by Gasteiger charge is -2.15. The molecule has 0 unspecified atom stereocenters. The van der Waals surface area contributed by atoms with Gasteiger partial charge in [0.2, 0.25) is 5.91 Å². The molecule has 29 heavy (non-hydrogen) atoms. The number of hydrogen-bond donors (Lipinski definition) is 1. The van der Waals surface area contributed by atoms with Crippen molar-refractivity contribution in [3.05, 3.63) is 65.5 Å². The Morgan fingerprint density at radius 1 is 1.07 bits per heavy atom. The van der Waals surface area contributed by atoms with E-state index < -0.39 is 36.6 Å². The number of nitrogens with zero attached hydrogens (tertiary/aromatic N) is 1. The van der Waals surface area contributed by atoms with Crippen molar-refractivity contribution in [2.24, 2.45) is 0 Å². The number of hydrogen-bond acceptors (Lipinski definition) is 5. The summed E-state index contributed by atoms with van der Waals surface area (Å²) in [6.45, 7) is -0.264. The van der Waals surface area contributed by atoms with Gasteiger partial charge >= 0.3 is 5.97 Å². The molecule has 1 aliphatic heterocycles. The molecule has 0 aromatic heterocycles. The van der Waals surface area contributed by atoms with Crippen molar-refractivity contribution in [1.82, 2.24) is 5.32 Å². The molecule has 1 aliphatic rings. The number of halogens is 1. The monoisotopic (exact) mass is 398 g/mol. The minimum atomic E-state index is -0.789. The Labute approximate surface area is 166 Å². The maximum Gasteiger partial charge on any atom is 0.325 e. The largest absolute Gasteiger partial charge is 0.456 e. The summed E-state index contributed by atoms with van der Waals surface area (Å²) in [5.41, 5.74) is 1.14. The number of ketones is 1. The molecule has 150 valence electrons. The van der Waals surface area contributed by atoms with E-state index in [1.165, 1.54) is 18.2 Å². The van der Waals surface area contributed by atoms with Gasteiger partial charge in [-0.05, 0) is 48.9 Å². The van der Waals surface area contributed by atoms with Gasteiger partial charge in [-0.3, -0.25) is 19.2 Å². The van der Waals surface area contributed by atoms with E-state index in [1.807, 2.05) is 0 Å². The number of amides is 2.